The van der Waals surface area contributed by atoms with Crippen molar-refractivity contribution in [2.45, 2.75) is 0 Å². The number of halogens is 1. The van der Waals surface area contributed by atoms with Crippen molar-refractivity contribution in [1.82, 2.24) is 9.80 Å². The first kappa shape index (κ1) is 15.3. The summed E-state index contributed by atoms with van der Waals surface area (Å²) in [5.41, 5.74) is -0.119. The molecule has 1 fully saturated rings. The summed E-state index contributed by atoms with van der Waals surface area (Å²) in [5.74, 6) is -0.391. The van der Waals surface area contributed by atoms with Crippen LogP contribution in [-0.4, -0.2) is 55.8 Å². The minimum Gasteiger partial charge on any atom is -0.440 e. The third-order valence-corrected chi connectivity index (χ3v) is 3.59. The molecule has 1 aliphatic rings. The number of hydrogen-bond donors (Lipinski definition) is 0. The lowest BCUT2D eigenvalue weighted by Gasteiger charge is -2.28. The molecule has 7 nitrogen and oxygen atoms in total. The highest BCUT2D eigenvalue weighted by Gasteiger charge is 2.38. The zero-order chi connectivity index (χ0) is 15.9. The molecule has 0 aliphatic carbocycles. The van der Waals surface area contributed by atoms with Crippen LogP contribution in [0.3, 0.4) is 0 Å². The summed E-state index contributed by atoms with van der Waals surface area (Å²) in [6.07, 6.45) is 1.34. The normalized spacial score (nSPS) is 15.9. The van der Waals surface area contributed by atoms with Gasteiger partial charge in [0.2, 0.25) is 5.88 Å². The Morgan fingerprint density at radius 1 is 1.14 bits per heavy atom. The SMILES string of the molecule is CN1C(=O)C(=Cc2cc(Br)c(N(C)C)o2)C(=O)N(C)C1=O. The topological polar surface area (TPSA) is 74.1 Å². The lowest BCUT2D eigenvalue weighted by atomic mass is 10.1. The van der Waals surface area contributed by atoms with Crippen molar-refractivity contribution in [3.63, 3.8) is 0 Å². The van der Waals surface area contributed by atoms with E-state index in [-0.39, 0.29) is 5.57 Å². The number of amides is 4. The highest BCUT2D eigenvalue weighted by atomic mass is 79.9. The van der Waals surface area contributed by atoms with E-state index in [1.807, 2.05) is 0 Å². The zero-order valence-corrected chi connectivity index (χ0v) is 13.6. The van der Waals surface area contributed by atoms with E-state index in [1.165, 1.54) is 20.2 Å². The zero-order valence-electron chi connectivity index (χ0n) is 12.0. The molecule has 4 amide bonds. The number of rotatable bonds is 2. The molecule has 2 heterocycles. The minimum absolute atomic E-state index is 0.119. The second-order valence-corrected chi connectivity index (χ2v) is 5.62. The van der Waals surface area contributed by atoms with Gasteiger partial charge in [0.05, 0.1) is 4.47 Å². The molecular formula is C13H14BrN3O4. The fourth-order valence-electron chi connectivity index (χ4n) is 1.87. The molecule has 0 N–H and O–H groups in total. The third kappa shape index (κ3) is 2.58. The van der Waals surface area contributed by atoms with E-state index >= 15 is 0 Å². The quantitative estimate of drug-likeness (QED) is 0.594. The molecule has 8 heteroatoms. The molecule has 0 radical (unpaired) electrons. The summed E-state index contributed by atoms with van der Waals surface area (Å²) in [4.78, 5) is 39.3. The summed E-state index contributed by atoms with van der Waals surface area (Å²) in [5, 5.41) is 0. The lowest BCUT2D eigenvalue weighted by molar-refractivity contribution is -0.134. The largest absolute Gasteiger partial charge is 0.440 e. The fourth-order valence-corrected chi connectivity index (χ4v) is 2.53. The molecule has 1 aliphatic heterocycles. The molecule has 21 heavy (non-hydrogen) atoms. The third-order valence-electron chi connectivity index (χ3n) is 3.02. The number of urea groups is 1. The van der Waals surface area contributed by atoms with Gasteiger partial charge in [0, 0.05) is 34.3 Å². The summed E-state index contributed by atoms with van der Waals surface area (Å²) in [7, 11) is 6.25. The van der Waals surface area contributed by atoms with Crippen molar-refractivity contribution < 1.29 is 18.8 Å². The predicted molar refractivity (Wildman–Crippen MR) is 79.6 cm³/mol. The molecule has 0 aromatic carbocycles. The molecule has 0 spiro atoms. The van der Waals surface area contributed by atoms with Crippen LogP contribution in [0.4, 0.5) is 10.7 Å². The molecule has 0 unspecified atom stereocenters. The molecule has 1 saturated heterocycles. The van der Waals surface area contributed by atoms with Gasteiger partial charge in [0.25, 0.3) is 11.8 Å². The van der Waals surface area contributed by atoms with Gasteiger partial charge < -0.3 is 9.32 Å². The number of nitrogens with zero attached hydrogens (tertiary/aromatic N) is 3. The van der Waals surface area contributed by atoms with Gasteiger partial charge in [-0.3, -0.25) is 19.4 Å². The maximum Gasteiger partial charge on any atom is 0.333 e. The van der Waals surface area contributed by atoms with Crippen LogP contribution in [0.5, 0.6) is 0 Å². The molecule has 112 valence electrons. The number of anilines is 1. The standard InChI is InChI=1S/C13H14BrN3O4/c1-15(2)12-9(14)6-7(21-12)5-8-10(18)16(3)13(20)17(4)11(8)19/h5-6H,1-4H3. The Morgan fingerprint density at radius 2 is 1.67 bits per heavy atom. The molecule has 0 bridgehead atoms. The Bertz CT molecular complexity index is 636. The first-order chi connectivity index (χ1) is 9.73. The van der Waals surface area contributed by atoms with E-state index in [2.05, 4.69) is 15.9 Å². The number of carbonyl (C=O) groups is 3. The van der Waals surface area contributed by atoms with Crippen molar-refractivity contribution in [1.29, 1.82) is 0 Å². The van der Waals surface area contributed by atoms with Gasteiger partial charge in [0.1, 0.15) is 11.3 Å². The van der Waals surface area contributed by atoms with Gasteiger partial charge in [-0.25, -0.2) is 4.79 Å². The van der Waals surface area contributed by atoms with Crippen LogP contribution < -0.4 is 4.90 Å². The van der Waals surface area contributed by atoms with Crippen molar-refractivity contribution in [3.05, 3.63) is 21.9 Å². The molecule has 1 aromatic rings. The van der Waals surface area contributed by atoms with Gasteiger partial charge in [-0.05, 0) is 22.0 Å². The summed E-state index contributed by atoms with van der Waals surface area (Å²) < 4.78 is 6.25. The molecule has 0 saturated carbocycles. The van der Waals surface area contributed by atoms with Crippen LogP contribution in [0.1, 0.15) is 5.76 Å². The summed E-state index contributed by atoms with van der Waals surface area (Å²) >= 11 is 3.34. The number of carbonyl (C=O) groups excluding carboxylic acids is 3. The molecule has 0 atom stereocenters. The van der Waals surface area contributed by atoms with Crippen LogP contribution in [0.2, 0.25) is 0 Å². The Kier molecular flexibility index (Phi) is 3.91. The van der Waals surface area contributed by atoms with Gasteiger partial charge in [0.15, 0.2) is 0 Å². The lowest BCUT2D eigenvalue weighted by Crippen LogP contribution is -2.52. The molecule has 1 aromatic heterocycles. The van der Waals surface area contributed by atoms with Crippen LogP contribution in [0, 0.1) is 0 Å². The van der Waals surface area contributed by atoms with Gasteiger partial charge in [-0.1, -0.05) is 0 Å². The fraction of sp³-hybridized carbons (Fsp3) is 0.308. The average molecular weight is 356 g/mol. The van der Waals surface area contributed by atoms with Gasteiger partial charge in [-0.2, -0.15) is 0 Å². The molecule has 2 rings (SSSR count). The van der Waals surface area contributed by atoms with E-state index in [9.17, 15) is 14.4 Å². The Morgan fingerprint density at radius 3 is 2.10 bits per heavy atom. The van der Waals surface area contributed by atoms with E-state index in [0.717, 1.165) is 9.80 Å². The smallest absolute Gasteiger partial charge is 0.333 e. The van der Waals surface area contributed by atoms with Crippen molar-refractivity contribution in [3.8, 4) is 0 Å². The predicted octanol–water partition coefficient (Wildman–Crippen LogP) is 1.54. The van der Waals surface area contributed by atoms with Gasteiger partial charge >= 0.3 is 6.03 Å². The second kappa shape index (κ2) is 5.36. The van der Waals surface area contributed by atoms with Crippen LogP contribution in [-0.2, 0) is 9.59 Å². The highest BCUT2D eigenvalue weighted by molar-refractivity contribution is 9.10. The number of likely N-dealkylation sites (N-methyl/N-ethyl adjacent to an activating group) is 2. The number of hydrogen-bond acceptors (Lipinski definition) is 5. The monoisotopic (exact) mass is 355 g/mol. The van der Waals surface area contributed by atoms with E-state index in [0.29, 0.717) is 16.1 Å². The average Bonchev–Trinajstić information content (AvgIpc) is 2.80. The molecular weight excluding hydrogens is 342 g/mol. The van der Waals surface area contributed by atoms with Crippen LogP contribution in [0.25, 0.3) is 6.08 Å². The number of furan rings is 1. The highest BCUT2D eigenvalue weighted by Crippen LogP contribution is 2.30. The van der Waals surface area contributed by atoms with E-state index in [1.54, 1.807) is 25.1 Å². The summed E-state index contributed by atoms with van der Waals surface area (Å²) in [6, 6.07) is 0.996. The van der Waals surface area contributed by atoms with Crippen LogP contribution in [0.15, 0.2) is 20.5 Å². The summed E-state index contributed by atoms with van der Waals surface area (Å²) in [6.45, 7) is 0. The first-order valence-electron chi connectivity index (χ1n) is 6.02. The van der Waals surface area contributed by atoms with E-state index < -0.39 is 17.8 Å². The van der Waals surface area contributed by atoms with Crippen molar-refractivity contribution in [2.24, 2.45) is 0 Å². The number of barbiturate groups is 1. The Hall–Kier alpha value is -2.09. The maximum atomic E-state index is 12.0. The second-order valence-electron chi connectivity index (χ2n) is 4.77. The van der Waals surface area contributed by atoms with Crippen LogP contribution >= 0.6 is 15.9 Å². The van der Waals surface area contributed by atoms with E-state index in [4.69, 9.17) is 4.42 Å². The maximum absolute atomic E-state index is 12.0. The minimum atomic E-state index is -0.656. The first-order valence-corrected chi connectivity index (χ1v) is 6.81. The van der Waals surface area contributed by atoms with Gasteiger partial charge in [-0.15, -0.1) is 0 Å². The van der Waals surface area contributed by atoms with Crippen molar-refractivity contribution >= 4 is 45.7 Å². The Balaban J connectivity index is 2.44. The number of imide groups is 2. The Labute approximate surface area is 129 Å². The van der Waals surface area contributed by atoms with Crippen molar-refractivity contribution in [2.75, 3.05) is 33.1 Å².